The molecule has 1 atom stereocenters. The molecule has 0 aliphatic heterocycles. The molecule has 0 unspecified atom stereocenters. The lowest BCUT2D eigenvalue weighted by Crippen LogP contribution is -2.52. The van der Waals surface area contributed by atoms with Crippen LogP contribution in [0.2, 0.25) is 5.02 Å². The summed E-state index contributed by atoms with van der Waals surface area (Å²) in [5.41, 5.74) is 3.14. The third-order valence-corrected chi connectivity index (χ3v) is 8.42. The number of nitrogens with zero attached hydrogens (tertiary/aromatic N) is 1. The van der Waals surface area contributed by atoms with E-state index in [1.54, 1.807) is 16.7 Å². The highest BCUT2D eigenvalue weighted by molar-refractivity contribution is 9.10. The van der Waals surface area contributed by atoms with E-state index in [0.29, 0.717) is 23.7 Å². The van der Waals surface area contributed by atoms with Crippen LogP contribution in [-0.2, 0) is 28.3 Å². The van der Waals surface area contributed by atoms with Crippen LogP contribution in [0.15, 0.2) is 83.3 Å². The van der Waals surface area contributed by atoms with Crippen LogP contribution in [-0.4, -0.2) is 34.6 Å². The molecule has 0 saturated heterocycles. The van der Waals surface area contributed by atoms with Crippen LogP contribution in [0, 0.1) is 0 Å². The Balaban J connectivity index is 1.55. The fourth-order valence-corrected chi connectivity index (χ4v) is 5.89. The van der Waals surface area contributed by atoms with E-state index in [9.17, 15) is 9.59 Å². The van der Waals surface area contributed by atoms with Crippen LogP contribution in [0.1, 0.15) is 42.4 Å². The minimum atomic E-state index is -0.598. The zero-order valence-electron chi connectivity index (χ0n) is 20.7. The van der Waals surface area contributed by atoms with E-state index < -0.39 is 6.04 Å². The molecule has 1 saturated carbocycles. The number of hydrogen-bond donors (Lipinski definition) is 1. The predicted molar refractivity (Wildman–Crippen MR) is 157 cm³/mol. The number of rotatable bonds is 11. The highest BCUT2D eigenvalue weighted by Gasteiger charge is 2.32. The molecule has 3 aromatic carbocycles. The van der Waals surface area contributed by atoms with Gasteiger partial charge in [0, 0.05) is 34.3 Å². The highest BCUT2D eigenvalue weighted by atomic mass is 79.9. The lowest BCUT2D eigenvalue weighted by atomic mass is 10.0. The summed E-state index contributed by atoms with van der Waals surface area (Å²) in [4.78, 5) is 29.2. The normalized spacial score (nSPS) is 14.3. The second-order valence-corrected chi connectivity index (χ2v) is 11.8. The van der Waals surface area contributed by atoms with Crippen molar-refractivity contribution in [1.82, 2.24) is 10.2 Å². The molecule has 1 fully saturated rings. The third kappa shape index (κ3) is 8.62. The van der Waals surface area contributed by atoms with Gasteiger partial charge in [-0.2, -0.15) is 0 Å². The van der Waals surface area contributed by atoms with Gasteiger partial charge in [-0.15, -0.1) is 11.8 Å². The van der Waals surface area contributed by atoms with Gasteiger partial charge in [0.15, 0.2) is 0 Å². The fourth-order valence-electron chi connectivity index (χ4n) is 4.63. The zero-order chi connectivity index (χ0) is 26.0. The first kappa shape index (κ1) is 27.7. The molecular weight excluding hydrogens is 568 g/mol. The number of hydrogen-bond acceptors (Lipinski definition) is 3. The van der Waals surface area contributed by atoms with Crippen molar-refractivity contribution in [3.63, 3.8) is 0 Å². The van der Waals surface area contributed by atoms with Crippen LogP contribution in [0.4, 0.5) is 0 Å². The van der Waals surface area contributed by atoms with Crippen molar-refractivity contribution in [3.8, 4) is 0 Å². The van der Waals surface area contributed by atoms with Crippen LogP contribution >= 0.6 is 39.3 Å². The van der Waals surface area contributed by atoms with Gasteiger partial charge in [0.05, 0.1) is 5.75 Å². The SMILES string of the molecule is O=C(NC1CCCC1)[C@@H](Cc1ccccc1)N(Cc1ccc(Cl)cc1)C(=O)CSCc1ccc(Br)cc1. The van der Waals surface area contributed by atoms with Gasteiger partial charge in [0.25, 0.3) is 0 Å². The Morgan fingerprint density at radius 3 is 2.24 bits per heavy atom. The van der Waals surface area contributed by atoms with Gasteiger partial charge in [0.2, 0.25) is 11.8 Å². The average molecular weight is 600 g/mol. The lowest BCUT2D eigenvalue weighted by molar-refractivity contribution is -0.139. The molecule has 37 heavy (non-hydrogen) atoms. The summed E-state index contributed by atoms with van der Waals surface area (Å²) in [5.74, 6) is 0.910. The Morgan fingerprint density at radius 1 is 0.919 bits per heavy atom. The molecule has 0 radical (unpaired) electrons. The van der Waals surface area contributed by atoms with Gasteiger partial charge < -0.3 is 10.2 Å². The summed E-state index contributed by atoms with van der Waals surface area (Å²) in [6.45, 7) is 0.352. The van der Waals surface area contributed by atoms with Crippen LogP contribution in [0.3, 0.4) is 0 Å². The molecule has 0 spiro atoms. The Kier molecular flexibility index (Phi) is 10.5. The number of benzene rings is 3. The van der Waals surface area contributed by atoms with Crippen molar-refractivity contribution in [1.29, 1.82) is 0 Å². The van der Waals surface area contributed by atoms with Crippen LogP contribution in [0.25, 0.3) is 0 Å². The van der Waals surface area contributed by atoms with Gasteiger partial charge in [-0.3, -0.25) is 9.59 Å². The molecule has 194 valence electrons. The lowest BCUT2D eigenvalue weighted by Gasteiger charge is -2.32. The van der Waals surface area contributed by atoms with Gasteiger partial charge in [0.1, 0.15) is 6.04 Å². The molecule has 1 aliphatic carbocycles. The van der Waals surface area contributed by atoms with Crippen molar-refractivity contribution in [2.45, 2.75) is 56.5 Å². The van der Waals surface area contributed by atoms with E-state index >= 15 is 0 Å². The zero-order valence-corrected chi connectivity index (χ0v) is 23.9. The molecule has 0 heterocycles. The predicted octanol–water partition coefficient (Wildman–Crippen LogP) is 7.03. The molecule has 2 amide bonds. The van der Waals surface area contributed by atoms with Crippen LogP contribution < -0.4 is 5.32 Å². The molecule has 3 aromatic rings. The van der Waals surface area contributed by atoms with E-state index in [4.69, 9.17) is 11.6 Å². The van der Waals surface area contributed by atoms with Crippen molar-refractivity contribution in [2.75, 3.05) is 5.75 Å². The Hall–Kier alpha value is -2.28. The second-order valence-electron chi connectivity index (χ2n) is 9.46. The first-order chi connectivity index (χ1) is 18.0. The van der Waals surface area contributed by atoms with Crippen molar-refractivity contribution in [2.24, 2.45) is 0 Å². The number of carbonyl (C=O) groups excluding carboxylic acids is 2. The molecule has 4 nitrogen and oxygen atoms in total. The summed E-state index contributed by atoms with van der Waals surface area (Å²) in [7, 11) is 0. The number of amides is 2. The number of nitrogens with one attached hydrogen (secondary N) is 1. The van der Waals surface area contributed by atoms with E-state index in [1.165, 1.54) is 0 Å². The smallest absolute Gasteiger partial charge is 0.243 e. The van der Waals surface area contributed by atoms with E-state index in [2.05, 4.69) is 33.4 Å². The summed E-state index contributed by atoms with van der Waals surface area (Å²) < 4.78 is 1.03. The summed E-state index contributed by atoms with van der Waals surface area (Å²) >= 11 is 11.1. The number of halogens is 2. The Morgan fingerprint density at radius 2 is 1.57 bits per heavy atom. The molecule has 1 aliphatic rings. The van der Waals surface area contributed by atoms with E-state index in [0.717, 1.165) is 52.6 Å². The maximum absolute atomic E-state index is 13.7. The average Bonchev–Trinajstić information content (AvgIpc) is 3.42. The van der Waals surface area contributed by atoms with E-state index in [1.807, 2.05) is 66.7 Å². The topological polar surface area (TPSA) is 49.4 Å². The molecule has 7 heteroatoms. The highest BCUT2D eigenvalue weighted by Crippen LogP contribution is 2.22. The monoisotopic (exact) mass is 598 g/mol. The quantitative estimate of drug-likeness (QED) is 0.257. The fraction of sp³-hybridized carbons (Fsp3) is 0.333. The minimum absolute atomic E-state index is 0.0421. The maximum atomic E-state index is 13.7. The summed E-state index contributed by atoms with van der Waals surface area (Å²) in [5, 5.41) is 3.90. The van der Waals surface area contributed by atoms with Crippen molar-refractivity contribution < 1.29 is 9.59 Å². The Labute approximate surface area is 237 Å². The maximum Gasteiger partial charge on any atom is 0.243 e. The third-order valence-electron chi connectivity index (χ3n) is 6.65. The first-order valence-corrected chi connectivity index (χ1v) is 15.0. The molecule has 0 aromatic heterocycles. The second kappa shape index (κ2) is 14.0. The van der Waals surface area contributed by atoms with Crippen LogP contribution in [0.5, 0.6) is 0 Å². The number of thioether (sulfide) groups is 1. The molecular formula is C30H32BrClN2O2S. The first-order valence-electron chi connectivity index (χ1n) is 12.7. The number of carbonyl (C=O) groups is 2. The largest absolute Gasteiger partial charge is 0.352 e. The van der Waals surface area contributed by atoms with Gasteiger partial charge in [-0.05, 0) is 53.8 Å². The van der Waals surface area contributed by atoms with Crippen molar-refractivity contribution >= 4 is 51.1 Å². The van der Waals surface area contributed by atoms with Gasteiger partial charge in [-0.25, -0.2) is 0 Å². The molecule has 4 rings (SSSR count). The molecule has 1 N–H and O–H groups in total. The van der Waals surface area contributed by atoms with Crippen molar-refractivity contribution in [3.05, 3.63) is 105 Å². The minimum Gasteiger partial charge on any atom is -0.352 e. The van der Waals surface area contributed by atoms with Gasteiger partial charge in [-0.1, -0.05) is 95.0 Å². The van der Waals surface area contributed by atoms with Gasteiger partial charge >= 0.3 is 0 Å². The Bertz CT molecular complexity index is 1150. The van der Waals surface area contributed by atoms with E-state index in [-0.39, 0.29) is 17.9 Å². The molecule has 0 bridgehead atoms. The standard InChI is InChI=1S/C30H32BrClN2O2S/c31-25-14-10-24(11-15-25)20-37-21-29(35)34(19-23-12-16-26(32)17-13-23)28(18-22-6-2-1-3-7-22)30(36)33-27-8-4-5-9-27/h1-3,6-7,10-17,27-28H,4-5,8-9,18-21H2,(H,33,36)/t28-/m1/s1. The summed E-state index contributed by atoms with van der Waals surface area (Å²) in [6, 6.07) is 25.2. The summed E-state index contributed by atoms with van der Waals surface area (Å²) in [6.07, 6.45) is 4.73.